The van der Waals surface area contributed by atoms with Crippen molar-refractivity contribution in [2.75, 3.05) is 12.8 Å². The number of methoxy groups -OCH3 is 1. The fourth-order valence-corrected chi connectivity index (χ4v) is 4.16. The Kier molecular flexibility index (Phi) is 4.29. The maximum absolute atomic E-state index is 12.8. The lowest BCUT2D eigenvalue weighted by atomic mass is 9.73. The van der Waals surface area contributed by atoms with Gasteiger partial charge in [-0.25, -0.2) is 0 Å². The number of esters is 1. The summed E-state index contributed by atoms with van der Waals surface area (Å²) in [5.74, 6) is -1.13. The number of ether oxygens (including phenoxy) is 3. The van der Waals surface area contributed by atoms with Crippen LogP contribution in [-0.4, -0.2) is 18.9 Å². The van der Waals surface area contributed by atoms with E-state index in [-0.39, 0.29) is 11.9 Å². The molecular weight excluding hydrogens is 398 g/mol. The molecule has 5 nitrogen and oxygen atoms in total. The molecule has 4 atom stereocenters. The Labute approximate surface area is 160 Å². The number of halogens is 1. The van der Waals surface area contributed by atoms with E-state index in [2.05, 4.69) is 15.9 Å². The molecule has 2 aromatic rings. The molecule has 0 saturated carbocycles. The van der Waals surface area contributed by atoms with Crippen molar-refractivity contribution in [2.45, 2.75) is 31.2 Å². The average Bonchev–Trinajstić information content (AvgIpc) is 2.62. The lowest BCUT2D eigenvalue weighted by molar-refractivity contribution is -0.279. The first kappa shape index (κ1) is 17.5. The zero-order valence-corrected chi connectivity index (χ0v) is 16.2. The molecule has 0 aromatic heterocycles. The monoisotopic (exact) mass is 417 g/mol. The molecule has 1 saturated heterocycles. The van der Waals surface area contributed by atoms with Crippen LogP contribution in [0.3, 0.4) is 0 Å². The van der Waals surface area contributed by atoms with Crippen LogP contribution in [0.5, 0.6) is 5.75 Å². The summed E-state index contributed by atoms with van der Waals surface area (Å²) >= 11 is 3.46. The summed E-state index contributed by atoms with van der Waals surface area (Å²) in [6.45, 7) is 1.90. The highest BCUT2D eigenvalue weighted by Gasteiger charge is 2.52. The van der Waals surface area contributed by atoms with Crippen LogP contribution < -0.4 is 10.5 Å². The molecule has 1 fully saturated rings. The fourth-order valence-electron chi connectivity index (χ4n) is 3.90. The summed E-state index contributed by atoms with van der Waals surface area (Å²) in [7, 11) is 1.63. The van der Waals surface area contributed by atoms with Crippen molar-refractivity contribution in [3.8, 4) is 5.75 Å². The molecule has 6 heteroatoms. The average molecular weight is 418 g/mol. The molecule has 2 aliphatic heterocycles. The summed E-state index contributed by atoms with van der Waals surface area (Å²) < 4.78 is 18.5. The Balaban J connectivity index is 1.83. The normalized spacial score (nSPS) is 30.3. The molecule has 136 valence electrons. The van der Waals surface area contributed by atoms with Gasteiger partial charge in [0.1, 0.15) is 11.9 Å². The maximum Gasteiger partial charge on any atom is 0.317 e. The van der Waals surface area contributed by atoms with Crippen molar-refractivity contribution < 1.29 is 19.0 Å². The van der Waals surface area contributed by atoms with Crippen LogP contribution in [0.2, 0.25) is 0 Å². The minimum Gasteiger partial charge on any atom is -0.426 e. The molecule has 2 aliphatic rings. The van der Waals surface area contributed by atoms with E-state index >= 15 is 0 Å². The zero-order valence-electron chi connectivity index (χ0n) is 14.6. The van der Waals surface area contributed by atoms with Crippen LogP contribution in [0.4, 0.5) is 5.69 Å². The summed E-state index contributed by atoms with van der Waals surface area (Å²) in [6.07, 6.45) is 0.0843. The van der Waals surface area contributed by atoms with Gasteiger partial charge in [0.15, 0.2) is 5.79 Å². The Morgan fingerprint density at radius 1 is 1.23 bits per heavy atom. The number of hydrogen-bond acceptors (Lipinski definition) is 5. The second-order valence-corrected chi connectivity index (χ2v) is 7.90. The maximum atomic E-state index is 12.8. The van der Waals surface area contributed by atoms with E-state index in [1.807, 2.05) is 37.3 Å². The van der Waals surface area contributed by atoms with Crippen molar-refractivity contribution in [2.24, 2.45) is 5.92 Å². The van der Waals surface area contributed by atoms with Gasteiger partial charge in [-0.15, -0.1) is 0 Å². The Morgan fingerprint density at radius 2 is 1.96 bits per heavy atom. The number of anilines is 1. The van der Waals surface area contributed by atoms with E-state index in [0.29, 0.717) is 17.9 Å². The number of carbonyl (C=O) groups excluding carboxylic acids is 1. The molecule has 2 heterocycles. The highest BCUT2D eigenvalue weighted by molar-refractivity contribution is 9.10. The molecule has 4 unspecified atom stereocenters. The van der Waals surface area contributed by atoms with Gasteiger partial charge in [-0.1, -0.05) is 28.1 Å². The lowest BCUT2D eigenvalue weighted by Gasteiger charge is -2.47. The van der Waals surface area contributed by atoms with E-state index in [0.717, 1.165) is 15.6 Å². The van der Waals surface area contributed by atoms with Gasteiger partial charge in [-0.2, -0.15) is 0 Å². The Hall–Kier alpha value is -1.89. The lowest BCUT2D eigenvalue weighted by Crippen LogP contribution is -2.49. The molecule has 0 bridgehead atoms. The number of fused-ring (bicyclic) bond motifs is 3. The first-order valence-corrected chi connectivity index (χ1v) is 9.29. The molecule has 2 N–H and O–H groups in total. The SMILES string of the molecule is COC1(C)CC(c2ccc(Br)cc2)C2C(=O)Oc3ccc(N)cc3C2O1. The van der Waals surface area contributed by atoms with Crippen LogP contribution in [0.25, 0.3) is 0 Å². The topological polar surface area (TPSA) is 70.8 Å². The van der Waals surface area contributed by atoms with E-state index in [4.69, 9.17) is 19.9 Å². The minimum absolute atomic E-state index is 0.0890. The number of nitrogen functional groups attached to an aromatic ring is 1. The van der Waals surface area contributed by atoms with E-state index < -0.39 is 17.8 Å². The number of rotatable bonds is 2. The van der Waals surface area contributed by atoms with Gasteiger partial charge in [-0.3, -0.25) is 4.79 Å². The quantitative estimate of drug-likeness (QED) is 0.450. The standard InChI is InChI=1S/C20H20BrNO4/c1-20(24-2)10-15(11-3-5-12(21)6-4-11)17-18(26-20)14-9-13(22)7-8-16(14)25-19(17)23/h3-9,15,17-18H,10,22H2,1-2H3. The highest BCUT2D eigenvalue weighted by atomic mass is 79.9. The first-order chi connectivity index (χ1) is 12.4. The predicted molar refractivity (Wildman–Crippen MR) is 101 cm³/mol. The highest BCUT2D eigenvalue weighted by Crippen LogP contribution is 2.53. The van der Waals surface area contributed by atoms with E-state index in [9.17, 15) is 4.79 Å². The van der Waals surface area contributed by atoms with Gasteiger partial charge in [-0.05, 0) is 42.8 Å². The van der Waals surface area contributed by atoms with E-state index in [1.165, 1.54) is 0 Å². The van der Waals surface area contributed by atoms with Crippen molar-refractivity contribution in [1.29, 1.82) is 0 Å². The molecule has 26 heavy (non-hydrogen) atoms. The summed E-state index contributed by atoms with van der Waals surface area (Å²) in [5, 5.41) is 0. The molecule has 4 rings (SSSR count). The molecule has 0 spiro atoms. The fraction of sp³-hybridized carbons (Fsp3) is 0.350. The number of hydrogen-bond donors (Lipinski definition) is 1. The Morgan fingerprint density at radius 3 is 2.65 bits per heavy atom. The van der Waals surface area contributed by atoms with Crippen LogP contribution in [-0.2, 0) is 14.3 Å². The second-order valence-electron chi connectivity index (χ2n) is 6.98. The zero-order chi connectivity index (χ0) is 18.5. The molecule has 0 amide bonds. The van der Waals surface area contributed by atoms with Gasteiger partial charge >= 0.3 is 5.97 Å². The van der Waals surface area contributed by atoms with Crippen LogP contribution in [0.15, 0.2) is 46.9 Å². The van der Waals surface area contributed by atoms with Gasteiger partial charge in [0.2, 0.25) is 0 Å². The van der Waals surface area contributed by atoms with Crippen molar-refractivity contribution >= 4 is 27.6 Å². The van der Waals surface area contributed by atoms with Gasteiger partial charge in [0, 0.05) is 35.2 Å². The Bertz CT molecular complexity index is 853. The third-order valence-electron chi connectivity index (χ3n) is 5.28. The van der Waals surface area contributed by atoms with E-state index in [1.54, 1.807) is 19.2 Å². The van der Waals surface area contributed by atoms with Crippen molar-refractivity contribution in [3.05, 3.63) is 58.1 Å². The molecule has 0 aliphatic carbocycles. The number of benzene rings is 2. The molecule has 2 aromatic carbocycles. The molecule has 0 radical (unpaired) electrons. The van der Waals surface area contributed by atoms with Crippen molar-refractivity contribution in [1.82, 2.24) is 0 Å². The number of nitrogens with two attached hydrogens (primary N) is 1. The molecular formula is C20H20BrNO4. The van der Waals surface area contributed by atoms with Crippen LogP contribution in [0.1, 0.15) is 36.5 Å². The predicted octanol–water partition coefficient (Wildman–Crippen LogP) is 4.17. The van der Waals surface area contributed by atoms with Crippen LogP contribution >= 0.6 is 15.9 Å². The third kappa shape index (κ3) is 2.92. The number of carbonyl (C=O) groups is 1. The minimum atomic E-state index is -0.807. The van der Waals surface area contributed by atoms with Gasteiger partial charge in [0.25, 0.3) is 0 Å². The van der Waals surface area contributed by atoms with Crippen LogP contribution in [0, 0.1) is 5.92 Å². The van der Waals surface area contributed by atoms with Gasteiger partial charge in [0.05, 0.1) is 5.92 Å². The van der Waals surface area contributed by atoms with Crippen molar-refractivity contribution in [3.63, 3.8) is 0 Å². The second kappa shape index (κ2) is 6.37. The third-order valence-corrected chi connectivity index (χ3v) is 5.81. The summed E-state index contributed by atoms with van der Waals surface area (Å²) in [5.41, 5.74) is 8.42. The summed E-state index contributed by atoms with van der Waals surface area (Å²) in [4.78, 5) is 12.8. The largest absolute Gasteiger partial charge is 0.426 e. The first-order valence-electron chi connectivity index (χ1n) is 8.50. The summed E-state index contributed by atoms with van der Waals surface area (Å²) in [6, 6.07) is 13.3. The van der Waals surface area contributed by atoms with Gasteiger partial charge < -0.3 is 19.9 Å². The smallest absolute Gasteiger partial charge is 0.317 e.